The zero-order chi connectivity index (χ0) is 8.36. The number of hydrogen-bond donors (Lipinski definition) is 1. The molecule has 4 heteroatoms. The van der Waals surface area contributed by atoms with Gasteiger partial charge in [-0.3, -0.25) is 4.79 Å². The maximum atomic E-state index is 12.3. The lowest BCUT2D eigenvalue weighted by Crippen LogP contribution is -2.24. The van der Waals surface area contributed by atoms with Crippen molar-refractivity contribution < 1.29 is 18.7 Å². The molecule has 0 bridgehead atoms. The van der Waals surface area contributed by atoms with Crippen LogP contribution in [0, 0.1) is 5.41 Å². The second kappa shape index (κ2) is 2.77. The summed E-state index contributed by atoms with van der Waals surface area (Å²) in [7, 11) is 0. The van der Waals surface area contributed by atoms with Crippen molar-refractivity contribution in [1.29, 1.82) is 0 Å². The number of rotatable bonds is 2. The van der Waals surface area contributed by atoms with Gasteiger partial charge < -0.3 is 5.11 Å². The van der Waals surface area contributed by atoms with Crippen molar-refractivity contribution in [3.8, 4) is 0 Å². The minimum Gasteiger partial charge on any atom is -0.481 e. The van der Waals surface area contributed by atoms with E-state index in [0.29, 0.717) is 0 Å². The molecule has 10 heavy (non-hydrogen) atoms. The first-order valence-corrected chi connectivity index (χ1v) is 2.62. The van der Waals surface area contributed by atoms with Gasteiger partial charge in [-0.25, -0.2) is 8.78 Å². The largest absolute Gasteiger partial charge is 0.481 e. The summed E-state index contributed by atoms with van der Waals surface area (Å²) in [5.74, 6) is -2.67. The minimum atomic E-state index is -1.76. The standard InChI is InChI=1S/C6H8F2O2/c1-6(2,5(9)10)4(8)3-7/h3H,1-2H3,(H,9,10). The average Bonchev–Trinajstić information content (AvgIpc) is 1.86. The van der Waals surface area contributed by atoms with Crippen molar-refractivity contribution in [3.05, 3.63) is 12.2 Å². The summed E-state index contributed by atoms with van der Waals surface area (Å²) in [5, 5.41) is 8.30. The number of halogens is 2. The van der Waals surface area contributed by atoms with E-state index in [2.05, 4.69) is 0 Å². The maximum Gasteiger partial charge on any atom is 0.316 e. The van der Waals surface area contributed by atoms with Crippen LogP contribution < -0.4 is 0 Å². The second-order valence-corrected chi connectivity index (χ2v) is 2.39. The molecule has 58 valence electrons. The highest BCUT2D eigenvalue weighted by atomic mass is 19.2. The Morgan fingerprint density at radius 1 is 1.60 bits per heavy atom. The number of carboxylic acid groups (broad SMARTS) is 1. The number of carboxylic acids is 1. The molecule has 0 aromatic rings. The van der Waals surface area contributed by atoms with Crippen LogP contribution in [0.5, 0.6) is 0 Å². The van der Waals surface area contributed by atoms with Crippen molar-refractivity contribution in [2.45, 2.75) is 13.8 Å². The van der Waals surface area contributed by atoms with Crippen LogP contribution in [0.15, 0.2) is 12.2 Å². The van der Waals surface area contributed by atoms with Gasteiger partial charge in [0.15, 0.2) is 0 Å². The number of carbonyl (C=O) groups is 1. The molecule has 0 aromatic carbocycles. The van der Waals surface area contributed by atoms with Crippen molar-refractivity contribution in [2.75, 3.05) is 0 Å². The Morgan fingerprint density at radius 2 is 2.00 bits per heavy atom. The van der Waals surface area contributed by atoms with Gasteiger partial charge in [-0.05, 0) is 13.8 Å². The fourth-order valence-corrected chi connectivity index (χ4v) is 0.239. The normalized spacial score (nSPS) is 13.4. The van der Waals surface area contributed by atoms with Gasteiger partial charge in [0, 0.05) is 0 Å². The molecule has 0 saturated carbocycles. The van der Waals surface area contributed by atoms with Gasteiger partial charge in [0.25, 0.3) is 0 Å². The first-order valence-electron chi connectivity index (χ1n) is 2.62. The summed E-state index contributed by atoms with van der Waals surface area (Å²) in [6.07, 6.45) is -0.339. The van der Waals surface area contributed by atoms with Crippen LogP contribution in [0.4, 0.5) is 8.78 Å². The third-order valence-electron chi connectivity index (χ3n) is 1.23. The van der Waals surface area contributed by atoms with Crippen LogP contribution in [-0.4, -0.2) is 11.1 Å². The van der Waals surface area contributed by atoms with Crippen molar-refractivity contribution in [3.63, 3.8) is 0 Å². The predicted octanol–water partition coefficient (Wildman–Crippen LogP) is 1.88. The Morgan fingerprint density at radius 3 is 2.10 bits per heavy atom. The molecule has 1 N–H and O–H groups in total. The molecule has 0 fully saturated rings. The summed E-state index contributed by atoms with van der Waals surface area (Å²) < 4.78 is 23.7. The van der Waals surface area contributed by atoms with Gasteiger partial charge in [0.05, 0.1) is 0 Å². The summed E-state index contributed by atoms with van der Waals surface area (Å²) in [4.78, 5) is 10.2. The lowest BCUT2D eigenvalue weighted by atomic mass is 9.93. The molecule has 0 spiro atoms. The summed E-state index contributed by atoms with van der Waals surface area (Å²) >= 11 is 0. The average molecular weight is 150 g/mol. The van der Waals surface area contributed by atoms with Gasteiger partial charge in [-0.2, -0.15) is 0 Å². The van der Waals surface area contributed by atoms with E-state index in [0.717, 1.165) is 13.8 Å². The predicted molar refractivity (Wildman–Crippen MR) is 31.7 cm³/mol. The lowest BCUT2D eigenvalue weighted by Gasteiger charge is -2.14. The van der Waals surface area contributed by atoms with Crippen LogP contribution in [0.2, 0.25) is 0 Å². The Labute approximate surface area is 57.2 Å². The van der Waals surface area contributed by atoms with Gasteiger partial charge in [-0.15, -0.1) is 0 Å². The van der Waals surface area contributed by atoms with Gasteiger partial charge in [0.2, 0.25) is 0 Å². The molecule has 0 aliphatic rings. The van der Waals surface area contributed by atoms with Crippen LogP contribution in [0.25, 0.3) is 0 Å². The zero-order valence-electron chi connectivity index (χ0n) is 5.69. The van der Waals surface area contributed by atoms with Crippen LogP contribution in [0.3, 0.4) is 0 Å². The van der Waals surface area contributed by atoms with Crippen LogP contribution in [-0.2, 0) is 4.79 Å². The Balaban J connectivity index is 4.56. The first-order chi connectivity index (χ1) is 4.42. The SMILES string of the molecule is CC(C)(C(=O)O)C(F)=CF. The van der Waals surface area contributed by atoms with E-state index in [4.69, 9.17) is 5.11 Å². The van der Waals surface area contributed by atoms with E-state index >= 15 is 0 Å². The third kappa shape index (κ3) is 1.52. The van der Waals surface area contributed by atoms with Gasteiger partial charge in [-0.1, -0.05) is 0 Å². The Kier molecular flexibility index (Phi) is 2.51. The topological polar surface area (TPSA) is 37.3 Å². The van der Waals surface area contributed by atoms with Crippen LogP contribution in [0.1, 0.15) is 13.8 Å². The fraction of sp³-hybridized carbons (Fsp3) is 0.500. The smallest absolute Gasteiger partial charge is 0.316 e. The Hall–Kier alpha value is -0.930. The summed E-state index contributed by atoms with van der Waals surface area (Å²) in [6.45, 7) is 2.17. The summed E-state index contributed by atoms with van der Waals surface area (Å²) in [6, 6.07) is 0. The highest BCUT2D eigenvalue weighted by Crippen LogP contribution is 2.27. The third-order valence-corrected chi connectivity index (χ3v) is 1.23. The molecule has 0 aliphatic carbocycles. The molecule has 2 nitrogen and oxygen atoms in total. The van der Waals surface area contributed by atoms with Crippen molar-refractivity contribution in [1.82, 2.24) is 0 Å². The van der Waals surface area contributed by atoms with Gasteiger partial charge >= 0.3 is 5.97 Å². The first kappa shape index (κ1) is 9.07. The molecular weight excluding hydrogens is 142 g/mol. The van der Waals surface area contributed by atoms with E-state index in [-0.39, 0.29) is 6.33 Å². The maximum absolute atomic E-state index is 12.3. The van der Waals surface area contributed by atoms with E-state index in [1.807, 2.05) is 0 Å². The second-order valence-electron chi connectivity index (χ2n) is 2.39. The quantitative estimate of drug-likeness (QED) is 0.652. The molecular formula is C6H8F2O2. The molecule has 0 aromatic heterocycles. The van der Waals surface area contributed by atoms with Crippen LogP contribution >= 0.6 is 0 Å². The number of aliphatic carboxylic acids is 1. The lowest BCUT2D eigenvalue weighted by molar-refractivity contribution is -0.145. The molecule has 0 unspecified atom stereocenters. The van der Waals surface area contributed by atoms with Crippen molar-refractivity contribution in [2.24, 2.45) is 5.41 Å². The zero-order valence-corrected chi connectivity index (χ0v) is 5.69. The monoisotopic (exact) mass is 150 g/mol. The van der Waals surface area contributed by atoms with Gasteiger partial charge in [0.1, 0.15) is 17.6 Å². The Bertz CT molecular complexity index is 173. The number of hydrogen-bond acceptors (Lipinski definition) is 1. The summed E-state index contributed by atoms with van der Waals surface area (Å²) in [5.41, 5.74) is -1.76. The van der Waals surface area contributed by atoms with E-state index in [9.17, 15) is 13.6 Å². The van der Waals surface area contributed by atoms with E-state index in [1.54, 1.807) is 0 Å². The molecule has 0 saturated heterocycles. The molecule has 0 rings (SSSR count). The minimum absolute atomic E-state index is 0.339. The molecule has 0 amide bonds. The van der Waals surface area contributed by atoms with Crippen molar-refractivity contribution >= 4 is 5.97 Å². The molecule has 0 radical (unpaired) electrons. The molecule has 0 heterocycles. The fourth-order valence-electron chi connectivity index (χ4n) is 0.239. The van der Waals surface area contributed by atoms with E-state index in [1.165, 1.54) is 0 Å². The van der Waals surface area contributed by atoms with E-state index < -0.39 is 17.2 Å². The highest BCUT2D eigenvalue weighted by Gasteiger charge is 2.32. The molecule has 0 atom stereocenters. The molecule has 0 aliphatic heterocycles. The highest BCUT2D eigenvalue weighted by molar-refractivity contribution is 5.76.